The SMILES string of the molecule is C[Si](C)/N=C1/C=CC=C(N(C2=CC=C(c3ccccc3)C(=N)/C2=N\[Si](C)C)c2ccc(-c3ccc(-c4cccc5c6ccccc6n(-c6ccccc6)c45)cc3)c3c2=N[Si](C)(C)N=3)C1=N. The van der Waals surface area contributed by atoms with Crippen LogP contribution in [-0.2, 0) is 0 Å². The Morgan fingerprint density at radius 3 is 1.94 bits per heavy atom. The van der Waals surface area contributed by atoms with Gasteiger partial charge in [0.25, 0.3) is 8.40 Å². The van der Waals surface area contributed by atoms with Crippen molar-refractivity contribution in [1.82, 2.24) is 4.57 Å². The fraction of sp³-hybridized carbons (Fsp3) is 0.111. The van der Waals surface area contributed by atoms with Gasteiger partial charge in [0.2, 0.25) is 0 Å². The van der Waals surface area contributed by atoms with Gasteiger partial charge < -0.3 is 18.8 Å². The quantitative estimate of drug-likeness (QED) is 0.109. The molecule has 1 aliphatic heterocycles. The molecule has 2 heterocycles. The summed E-state index contributed by atoms with van der Waals surface area (Å²) in [6.45, 7) is 12.9. The Bertz CT molecular complexity index is 3430. The lowest BCUT2D eigenvalue weighted by Gasteiger charge is -2.34. The Balaban J connectivity index is 1.14. The molecule has 0 saturated heterocycles. The number of para-hydroxylation sites is 3. The first-order valence-corrected chi connectivity index (χ1v) is 29.7. The molecule has 3 aliphatic rings. The second-order valence-electron chi connectivity index (χ2n) is 17.4. The molecule has 2 N–H and O–H groups in total. The number of nitrogens with one attached hydrogen (secondary N) is 2. The van der Waals surface area contributed by atoms with Gasteiger partial charge in [-0.05, 0) is 78.4 Å². The molecule has 65 heavy (non-hydrogen) atoms. The average Bonchev–Trinajstić information content (AvgIpc) is 3.83. The number of rotatable bonds is 9. The third-order valence-corrected chi connectivity index (χ3v) is 14.7. The summed E-state index contributed by atoms with van der Waals surface area (Å²) in [6, 6.07) is 49.1. The zero-order chi connectivity index (χ0) is 45.0. The molecule has 11 heteroatoms. The van der Waals surface area contributed by atoms with Crippen LogP contribution in [0.2, 0.25) is 39.3 Å². The fourth-order valence-electron chi connectivity index (χ4n) is 9.10. The van der Waals surface area contributed by atoms with Gasteiger partial charge in [-0.1, -0.05) is 148 Å². The Morgan fingerprint density at radius 2 is 1.22 bits per heavy atom. The Kier molecular flexibility index (Phi) is 10.8. The normalized spacial score (nSPS) is 16.8. The first-order chi connectivity index (χ1) is 31.5. The van der Waals surface area contributed by atoms with Crippen LogP contribution in [0.4, 0.5) is 5.69 Å². The molecule has 10 rings (SSSR count). The van der Waals surface area contributed by atoms with E-state index in [-0.39, 0.29) is 0 Å². The van der Waals surface area contributed by atoms with Crippen LogP contribution in [0.1, 0.15) is 5.56 Å². The maximum Gasteiger partial charge on any atom is 0.298 e. The van der Waals surface area contributed by atoms with Gasteiger partial charge in [-0.3, -0.25) is 20.1 Å². The van der Waals surface area contributed by atoms with Gasteiger partial charge >= 0.3 is 0 Å². The number of aromatic nitrogens is 1. The third-order valence-electron chi connectivity index (χ3n) is 11.8. The van der Waals surface area contributed by atoms with E-state index in [1.54, 1.807) is 0 Å². The maximum atomic E-state index is 9.69. The lowest BCUT2D eigenvalue weighted by Crippen LogP contribution is -2.42. The van der Waals surface area contributed by atoms with Crippen LogP contribution in [0.25, 0.3) is 55.3 Å². The van der Waals surface area contributed by atoms with Crippen molar-refractivity contribution in [2.75, 3.05) is 4.90 Å². The van der Waals surface area contributed by atoms with Crippen molar-refractivity contribution in [2.45, 2.75) is 39.3 Å². The van der Waals surface area contributed by atoms with Crippen molar-refractivity contribution >= 4 is 82.2 Å². The molecular formula is C54H48N8Si3. The Morgan fingerprint density at radius 1 is 0.569 bits per heavy atom. The molecule has 7 aromatic rings. The van der Waals surface area contributed by atoms with Crippen LogP contribution >= 0.6 is 0 Å². The van der Waals surface area contributed by atoms with Gasteiger partial charge in [0.05, 0.1) is 56.0 Å². The lowest BCUT2D eigenvalue weighted by atomic mass is 9.90. The Labute approximate surface area is 384 Å². The van der Waals surface area contributed by atoms with E-state index >= 15 is 0 Å². The molecule has 2 radical (unpaired) electrons. The zero-order valence-electron chi connectivity index (χ0n) is 37.3. The van der Waals surface area contributed by atoms with E-state index in [4.69, 9.17) is 18.6 Å². The molecule has 0 saturated carbocycles. The van der Waals surface area contributed by atoms with Crippen LogP contribution in [0.15, 0.2) is 200 Å². The molecule has 0 bridgehead atoms. The van der Waals surface area contributed by atoms with Crippen molar-refractivity contribution in [2.24, 2.45) is 18.6 Å². The van der Waals surface area contributed by atoms with Crippen molar-refractivity contribution in [1.29, 1.82) is 10.8 Å². The van der Waals surface area contributed by atoms with E-state index in [1.165, 1.54) is 21.8 Å². The summed E-state index contributed by atoms with van der Waals surface area (Å²) in [7, 11) is -4.74. The molecule has 0 atom stereocenters. The molecule has 0 spiro atoms. The summed E-state index contributed by atoms with van der Waals surface area (Å²) in [5.41, 5.74) is 13.7. The average molecular weight is 893 g/mol. The number of hydrogen-bond acceptors (Lipinski definition) is 7. The molecule has 1 aromatic heterocycles. The molecule has 0 fully saturated rings. The standard InChI is InChI=1S/C54H48N8Si3/c1-63(2)57-44-24-16-26-46(50(44)56)62(47-33-31-39(35-17-9-7-10-18-35)49(55)52(47)58-64(3)4)48-34-32-40(51-53(48)60-65(5,6)59-51)36-27-29-37(30-28-36)41-22-15-23-43-42-21-13-14-25-45(42)61(54(41)43)38-19-11-8-12-20-38/h7-34,55-56H,1-6H3/b55-49?,56-50?,57-44-,58-52-. The molecule has 316 valence electrons. The predicted octanol–water partition coefficient (Wildman–Crippen LogP) is 11.7. The summed E-state index contributed by atoms with van der Waals surface area (Å²) in [5, 5.41) is 23.4. The summed E-state index contributed by atoms with van der Waals surface area (Å²) in [6.07, 6.45) is 9.96. The van der Waals surface area contributed by atoms with Crippen molar-refractivity contribution in [3.63, 3.8) is 0 Å². The molecule has 8 nitrogen and oxygen atoms in total. The van der Waals surface area contributed by atoms with E-state index < -0.39 is 26.3 Å². The third kappa shape index (κ3) is 7.60. The van der Waals surface area contributed by atoms with Gasteiger partial charge in [-0.15, -0.1) is 0 Å². The number of hydrogen-bond donors (Lipinski definition) is 2. The summed E-state index contributed by atoms with van der Waals surface area (Å²) in [4.78, 5) is 2.10. The van der Waals surface area contributed by atoms with Gasteiger partial charge in [-0.2, -0.15) is 0 Å². The summed E-state index contributed by atoms with van der Waals surface area (Å²) >= 11 is 0. The highest BCUT2D eigenvalue weighted by molar-refractivity contribution is 6.74. The van der Waals surface area contributed by atoms with E-state index in [9.17, 15) is 10.8 Å². The number of allylic oxidation sites excluding steroid dienone is 8. The highest BCUT2D eigenvalue weighted by atomic mass is 28.3. The van der Waals surface area contributed by atoms with Gasteiger partial charge in [0.1, 0.15) is 5.71 Å². The van der Waals surface area contributed by atoms with Crippen molar-refractivity contribution in [3.05, 3.63) is 198 Å². The molecular weight excluding hydrogens is 845 g/mol. The van der Waals surface area contributed by atoms with Gasteiger partial charge in [0.15, 0.2) is 17.9 Å². The topological polar surface area (TPSA) is 105 Å². The van der Waals surface area contributed by atoms with Crippen molar-refractivity contribution < 1.29 is 0 Å². The minimum absolute atomic E-state index is 0.322. The minimum atomic E-state index is -2.48. The monoisotopic (exact) mass is 892 g/mol. The van der Waals surface area contributed by atoms with Crippen LogP contribution in [0, 0.1) is 10.8 Å². The van der Waals surface area contributed by atoms with Crippen molar-refractivity contribution in [3.8, 4) is 27.9 Å². The van der Waals surface area contributed by atoms with E-state index in [1.807, 2.05) is 54.6 Å². The number of fused-ring (bicyclic) bond motifs is 4. The number of anilines is 1. The van der Waals surface area contributed by atoms with Gasteiger partial charge in [-0.25, -0.2) is 0 Å². The van der Waals surface area contributed by atoms with Crippen LogP contribution in [0.5, 0.6) is 0 Å². The molecule has 0 amide bonds. The maximum absolute atomic E-state index is 9.69. The number of benzene rings is 6. The van der Waals surface area contributed by atoms with Crippen LogP contribution in [0.3, 0.4) is 0 Å². The van der Waals surface area contributed by atoms with Crippen LogP contribution < -0.4 is 15.6 Å². The predicted molar refractivity (Wildman–Crippen MR) is 279 cm³/mol. The molecule has 2 aliphatic carbocycles. The van der Waals surface area contributed by atoms with Gasteiger partial charge in [0, 0.05) is 33.2 Å². The second-order valence-corrected chi connectivity index (χ2v) is 25.0. The fourth-order valence-corrected chi connectivity index (χ4v) is 12.0. The van der Waals surface area contributed by atoms with E-state index in [0.29, 0.717) is 28.5 Å². The smallest absolute Gasteiger partial charge is 0.298 e. The zero-order valence-corrected chi connectivity index (χ0v) is 40.3. The molecule has 0 unspecified atom stereocenters. The second kappa shape index (κ2) is 16.7. The van der Waals surface area contributed by atoms with Crippen LogP contribution in [-0.4, -0.2) is 53.7 Å². The summed E-state index contributed by atoms with van der Waals surface area (Å²) in [5.74, 6) is 0. The minimum Gasteiger partial charge on any atom is -0.321 e. The largest absolute Gasteiger partial charge is 0.321 e. The number of nitrogens with zero attached hydrogens (tertiary/aromatic N) is 6. The molecule has 6 aromatic carbocycles. The first kappa shape index (κ1) is 41.8. The first-order valence-electron chi connectivity index (χ1n) is 21.9. The van der Waals surface area contributed by atoms with E-state index in [2.05, 4.69) is 164 Å². The Hall–Kier alpha value is -7.19. The highest BCUT2D eigenvalue weighted by Crippen LogP contribution is 2.39. The summed E-state index contributed by atoms with van der Waals surface area (Å²) < 4.78 is 23.5. The lowest BCUT2D eigenvalue weighted by molar-refractivity contribution is 1.14. The highest BCUT2D eigenvalue weighted by Gasteiger charge is 2.34. The van der Waals surface area contributed by atoms with E-state index in [0.717, 1.165) is 61.2 Å².